The van der Waals surface area contributed by atoms with Crippen LogP contribution >= 0.6 is 0 Å². The summed E-state index contributed by atoms with van der Waals surface area (Å²) in [6, 6.07) is 5.70. The van der Waals surface area contributed by atoms with Crippen LogP contribution in [-0.4, -0.2) is 29.9 Å². The third-order valence-electron chi connectivity index (χ3n) is 4.23. The van der Waals surface area contributed by atoms with Crippen molar-refractivity contribution in [2.24, 2.45) is 0 Å². The Morgan fingerprint density at radius 2 is 2.08 bits per heavy atom. The second-order valence-electron chi connectivity index (χ2n) is 5.81. The first kappa shape index (κ1) is 18.8. The lowest BCUT2D eigenvalue weighted by Crippen LogP contribution is -2.28. The first-order valence-corrected chi connectivity index (χ1v) is 8.64. The van der Waals surface area contributed by atoms with Crippen LogP contribution in [0.3, 0.4) is 0 Å². The third-order valence-corrected chi connectivity index (χ3v) is 4.23. The van der Waals surface area contributed by atoms with Crippen LogP contribution in [-0.2, 0) is 17.8 Å². The monoisotopic (exact) mass is 345 g/mol. The van der Waals surface area contributed by atoms with E-state index in [1.807, 2.05) is 42.2 Å². The Morgan fingerprint density at radius 1 is 1.28 bits per heavy atom. The number of ether oxygens (including phenoxy) is 2. The smallest absolute Gasteiger partial charge is 0.220 e. The molecule has 6 nitrogen and oxygen atoms in total. The fraction of sp³-hybridized carbons (Fsp3) is 0.474. The van der Waals surface area contributed by atoms with Gasteiger partial charge in [0.2, 0.25) is 5.91 Å². The van der Waals surface area contributed by atoms with Crippen molar-refractivity contribution in [1.82, 2.24) is 15.1 Å². The molecule has 0 radical (unpaired) electrons. The van der Waals surface area contributed by atoms with Crippen molar-refractivity contribution in [3.8, 4) is 11.5 Å². The summed E-state index contributed by atoms with van der Waals surface area (Å²) in [6.45, 7) is 4.91. The summed E-state index contributed by atoms with van der Waals surface area (Å²) < 4.78 is 12.6. The fourth-order valence-corrected chi connectivity index (χ4v) is 2.82. The van der Waals surface area contributed by atoms with E-state index in [-0.39, 0.29) is 11.9 Å². The van der Waals surface area contributed by atoms with E-state index in [1.165, 1.54) is 0 Å². The highest BCUT2D eigenvalue weighted by atomic mass is 16.5. The Balaban J connectivity index is 1.98. The fourth-order valence-electron chi connectivity index (χ4n) is 2.82. The average Bonchev–Trinajstić information content (AvgIpc) is 3.12. The van der Waals surface area contributed by atoms with Gasteiger partial charge in [0.25, 0.3) is 0 Å². The van der Waals surface area contributed by atoms with Crippen LogP contribution < -0.4 is 14.8 Å². The van der Waals surface area contributed by atoms with E-state index in [0.717, 1.165) is 24.1 Å². The van der Waals surface area contributed by atoms with Crippen molar-refractivity contribution >= 4 is 5.91 Å². The summed E-state index contributed by atoms with van der Waals surface area (Å²) in [6.07, 6.45) is 5.62. The highest BCUT2D eigenvalue weighted by Gasteiger charge is 2.16. The number of methoxy groups -OCH3 is 2. The van der Waals surface area contributed by atoms with E-state index in [4.69, 9.17) is 9.47 Å². The molecule has 2 aromatic rings. The summed E-state index contributed by atoms with van der Waals surface area (Å²) in [4.78, 5) is 12.4. The molecule has 1 atom stereocenters. The molecule has 25 heavy (non-hydrogen) atoms. The zero-order chi connectivity index (χ0) is 18.2. The van der Waals surface area contributed by atoms with Crippen molar-refractivity contribution < 1.29 is 14.3 Å². The number of benzene rings is 1. The Morgan fingerprint density at radius 3 is 2.68 bits per heavy atom. The SMILES string of the molecule is CCC(NC(=O)CCc1cccc(OC)c1OC)c1cnn(CC)c1. The molecule has 0 saturated heterocycles. The van der Waals surface area contributed by atoms with Crippen LogP contribution in [0.25, 0.3) is 0 Å². The molecule has 1 aromatic heterocycles. The van der Waals surface area contributed by atoms with Gasteiger partial charge in [0.05, 0.1) is 26.5 Å². The van der Waals surface area contributed by atoms with Gasteiger partial charge in [-0.25, -0.2) is 0 Å². The Labute approximate surface area is 149 Å². The average molecular weight is 345 g/mol. The van der Waals surface area contributed by atoms with E-state index in [9.17, 15) is 4.79 Å². The molecule has 0 aliphatic rings. The predicted octanol–water partition coefficient (Wildman–Crippen LogP) is 3.12. The minimum atomic E-state index is -0.0139. The first-order chi connectivity index (χ1) is 12.1. The number of rotatable bonds is 9. The normalized spacial score (nSPS) is 11.8. The molecule has 1 aromatic carbocycles. The number of aryl methyl sites for hydroxylation is 2. The number of aromatic nitrogens is 2. The van der Waals surface area contributed by atoms with Gasteiger partial charge in [-0.15, -0.1) is 0 Å². The molecule has 0 saturated carbocycles. The summed E-state index contributed by atoms with van der Waals surface area (Å²) in [7, 11) is 3.22. The minimum absolute atomic E-state index is 0.0139. The second-order valence-corrected chi connectivity index (χ2v) is 5.81. The lowest BCUT2D eigenvalue weighted by molar-refractivity contribution is -0.121. The third kappa shape index (κ3) is 4.75. The zero-order valence-electron chi connectivity index (χ0n) is 15.4. The van der Waals surface area contributed by atoms with Crippen LogP contribution in [0.2, 0.25) is 0 Å². The lowest BCUT2D eigenvalue weighted by atomic mass is 10.1. The van der Waals surface area contributed by atoms with E-state index in [2.05, 4.69) is 17.3 Å². The topological polar surface area (TPSA) is 65.4 Å². The summed E-state index contributed by atoms with van der Waals surface area (Å²) >= 11 is 0. The second kappa shape index (κ2) is 9.11. The number of nitrogens with zero attached hydrogens (tertiary/aromatic N) is 2. The van der Waals surface area contributed by atoms with Gasteiger partial charge in [0.15, 0.2) is 11.5 Å². The van der Waals surface area contributed by atoms with Gasteiger partial charge in [-0.2, -0.15) is 5.10 Å². The molecule has 1 N–H and O–H groups in total. The van der Waals surface area contributed by atoms with Crippen molar-refractivity contribution in [3.63, 3.8) is 0 Å². The number of hydrogen-bond donors (Lipinski definition) is 1. The molecule has 1 unspecified atom stereocenters. The minimum Gasteiger partial charge on any atom is -0.493 e. The quantitative estimate of drug-likeness (QED) is 0.758. The number of amides is 1. The maximum Gasteiger partial charge on any atom is 0.220 e. The van der Waals surface area contributed by atoms with Crippen molar-refractivity contribution in [1.29, 1.82) is 0 Å². The molecule has 2 rings (SSSR count). The maximum atomic E-state index is 12.4. The molecule has 0 aliphatic carbocycles. The van der Waals surface area contributed by atoms with Gasteiger partial charge in [0, 0.05) is 24.7 Å². The lowest BCUT2D eigenvalue weighted by Gasteiger charge is -2.16. The van der Waals surface area contributed by atoms with Crippen LogP contribution in [0.15, 0.2) is 30.6 Å². The summed E-state index contributed by atoms with van der Waals surface area (Å²) in [5.74, 6) is 1.38. The van der Waals surface area contributed by atoms with Gasteiger partial charge >= 0.3 is 0 Å². The van der Waals surface area contributed by atoms with Crippen molar-refractivity contribution in [2.45, 2.75) is 45.7 Å². The van der Waals surface area contributed by atoms with E-state index < -0.39 is 0 Å². The number of carbonyl (C=O) groups is 1. The molecule has 0 bridgehead atoms. The Kier molecular flexibility index (Phi) is 6.86. The van der Waals surface area contributed by atoms with E-state index in [1.54, 1.807) is 14.2 Å². The van der Waals surface area contributed by atoms with Crippen LogP contribution in [0.4, 0.5) is 0 Å². The summed E-state index contributed by atoms with van der Waals surface area (Å²) in [5, 5.41) is 7.37. The van der Waals surface area contributed by atoms with Gasteiger partial charge in [-0.1, -0.05) is 19.1 Å². The van der Waals surface area contributed by atoms with Crippen LogP contribution in [0.1, 0.15) is 43.9 Å². The van der Waals surface area contributed by atoms with Crippen LogP contribution in [0.5, 0.6) is 11.5 Å². The molecule has 0 fully saturated rings. The molecule has 136 valence electrons. The number of carbonyl (C=O) groups excluding carboxylic acids is 1. The number of hydrogen-bond acceptors (Lipinski definition) is 4. The molecule has 6 heteroatoms. The molecular weight excluding hydrogens is 318 g/mol. The van der Waals surface area contributed by atoms with Gasteiger partial charge < -0.3 is 14.8 Å². The zero-order valence-corrected chi connectivity index (χ0v) is 15.4. The van der Waals surface area contributed by atoms with E-state index in [0.29, 0.717) is 24.3 Å². The molecule has 1 heterocycles. The summed E-state index contributed by atoms with van der Waals surface area (Å²) in [5.41, 5.74) is 2.00. The van der Waals surface area contributed by atoms with Gasteiger partial charge in [-0.05, 0) is 31.4 Å². The van der Waals surface area contributed by atoms with Crippen LogP contribution in [0, 0.1) is 0 Å². The Hall–Kier alpha value is -2.50. The van der Waals surface area contributed by atoms with Gasteiger partial charge in [-0.3, -0.25) is 9.48 Å². The molecule has 1 amide bonds. The van der Waals surface area contributed by atoms with Gasteiger partial charge in [0.1, 0.15) is 0 Å². The van der Waals surface area contributed by atoms with E-state index >= 15 is 0 Å². The standard InChI is InChI=1S/C19H27N3O3/c1-5-16(15-12-20-22(6-2)13-15)21-18(23)11-10-14-8-7-9-17(24-3)19(14)25-4/h7-9,12-13,16H,5-6,10-11H2,1-4H3,(H,21,23). The highest BCUT2D eigenvalue weighted by Crippen LogP contribution is 2.31. The number of nitrogens with one attached hydrogen (secondary N) is 1. The largest absolute Gasteiger partial charge is 0.493 e. The molecular formula is C19H27N3O3. The predicted molar refractivity (Wildman–Crippen MR) is 96.9 cm³/mol. The number of para-hydroxylation sites is 1. The van der Waals surface area contributed by atoms with Crippen molar-refractivity contribution in [2.75, 3.05) is 14.2 Å². The Bertz CT molecular complexity index is 697. The first-order valence-electron chi connectivity index (χ1n) is 8.64. The maximum absolute atomic E-state index is 12.4. The molecule has 0 aliphatic heterocycles. The molecule has 0 spiro atoms. The van der Waals surface area contributed by atoms with Crippen molar-refractivity contribution in [3.05, 3.63) is 41.7 Å². The highest BCUT2D eigenvalue weighted by molar-refractivity contribution is 5.76.